The molecule has 0 bridgehead atoms. The van der Waals surface area contributed by atoms with Crippen molar-refractivity contribution in [3.05, 3.63) is 35.6 Å². The summed E-state index contributed by atoms with van der Waals surface area (Å²) < 4.78 is 13.2. The maximum atomic E-state index is 13.2. The summed E-state index contributed by atoms with van der Waals surface area (Å²) in [6, 6.07) is 5.34. The molecule has 124 valence electrons. The molecule has 0 saturated heterocycles. The molecular weight excluding hydrogens is 295 g/mol. The molecule has 5 heteroatoms. The lowest BCUT2D eigenvalue weighted by Crippen LogP contribution is -2.55. The molecule has 0 aliphatic carbocycles. The van der Waals surface area contributed by atoms with Crippen molar-refractivity contribution in [1.82, 2.24) is 10.4 Å². The van der Waals surface area contributed by atoms with E-state index in [-0.39, 0.29) is 17.9 Å². The fourth-order valence-corrected chi connectivity index (χ4v) is 1.89. The Kier molecular flexibility index (Phi) is 6.77. The number of rotatable bonds is 3. The lowest BCUT2D eigenvalue weighted by atomic mass is 10.1. The van der Waals surface area contributed by atoms with Gasteiger partial charge in [0.1, 0.15) is 5.82 Å². The van der Waals surface area contributed by atoms with Crippen molar-refractivity contribution in [3.63, 3.8) is 0 Å². The van der Waals surface area contributed by atoms with E-state index in [4.69, 9.17) is 0 Å². The largest absolute Gasteiger partial charge is 0.273 e. The van der Waals surface area contributed by atoms with Crippen LogP contribution in [0.3, 0.4) is 0 Å². The number of carbonyl (C=O) groups is 2. The molecule has 0 aromatic heterocycles. The van der Waals surface area contributed by atoms with Crippen LogP contribution in [0.5, 0.6) is 0 Å². The Bertz CT molecular complexity index is 624. The highest BCUT2D eigenvalue weighted by Gasteiger charge is 2.28. The third-order valence-electron chi connectivity index (χ3n) is 2.99. The quantitative estimate of drug-likeness (QED) is 0.687. The third kappa shape index (κ3) is 6.11. The molecule has 1 aromatic rings. The first-order chi connectivity index (χ1) is 10.8. The lowest BCUT2D eigenvalue weighted by molar-refractivity contribution is -0.139. The molecule has 0 aliphatic rings. The molecule has 0 radical (unpaired) electrons. The Morgan fingerprint density at radius 2 is 1.96 bits per heavy atom. The van der Waals surface area contributed by atoms with E-state index in [9.17, 15) is 14.0 Å². The molecule has 0 unspecified atom stereocenters. The molecular formula is C18H23FN2O2. The van der Waals surface area contributed by atoms with Gasteiger partial charge in [-0.15, -0.1) is 11.8 Å². The number of halogens is 1. The van der Waals surface area contributed by atoms with Gasteiger partial charge < -0.3 is 0 Å². The highest BCUT2D eigenvalue weighted by Crippen LogP contribution is 2.14. The Hall–Kier alpha value is -2.35. The number of benzene rings is 1. The Morgan fingerprint density at radius 1 is 1.26 bits per heavy atom. The van der Waals surface area contributed by atoms with Gasteiger partial charge in [-0.05, 0) is 39.0 Å². The predicted molar refractivity (Wildman–Crippen MR) is 87.8 cm³/mol. The maximum Gasteiger partial charge on any atom is 0.269 e. The molecule has 4 nitrogen and oxygen atoms in total. The molecule has 1 rings (SSSR count). The molecule has 0 aliphatic heterocycles. The van der Waals surface area contributed by atoms with E-state index >= 15 is 0 Å². The van der Waals surface area contributed by atoms with Crippen LogP contribution >= 0.6 is 0 Å². The second kappa shape index (κ2) is 8.33. The summed E-state index contributed by atoms with van der Waals surface area (Å²) in [6.07, 6.45) is 1.40. The van der Waals surface area contributed by atoms with Gasteiger partial charge in [-0.2, -0.15) is 0 Å². The third-order valence-corrected chi connectivity index (χ3v) is 2.99. The zero-order valence-corrected chi connectivity index (χ0v) is 14.1. The first-order valence-corrected chi connectivity index (χ1v) is 7.61. The summed E-state index contributed by atoms with van der Waals surface area (Å²) in [5.41, 5.74) is 2.14. The zero-order valence-electron chi connectivity index (χ0n) is 14.1. The van der Waals surface area contributed by atoms with Crippen molar-refractivity contribution in [1.29, 1.82) is 0 Å². The van der Waals surface area contributed by atoms with Crippen molar-refractivity contribution in [2.24, 2.45) is 0 Å². The summed E-state index contributed by atoms with van der Waals surface area (Å²) in [4.78, 5) is 24.6. The number of nitrogens with one attached hydrogen (secondary N) is 1. The minimum Gasteiger partial charge on any atom is -0.273 e. The minimum atomic E-state index is -0.599. The SMILES string of the molecule is CCC#CCCC(=O)N(NC(=O)c1cccc(F)c1)C(C)(C)C. The topological polar surface area (TPSA) is 49.4 Å². The van der Waals surface area contributed by atoms with E-state index in [1.165, 1.54) is 23.2 Å². The van der Waals surface area contributed by atoms with Crippen LogP contribution in [-0.4, -0.2) is 22.4 Å². The molecule has 2 amide bonds. The monoisotopic (exact) mass is 318 g/mol. The second-order valence-electron chi connectivity index (χ2n) is 6.06. The van der Waals surface area contributed by atoms with E-state index in [2.05, 4.69) is 17.3 Å². The average Bonchev–Trinajstić information content (AvgIpc) is 2.47. The number of amides is 2. The molecule has 1 aromatic carbocycles. The van der Waals surface area contributed by atoms with Crippen LogP contribution in [0.1, 0.15) is 57.3 Å². The van der Waals surface area contributed by atoms with Gasteiger partial charge in [-0.25, -0.2) is 9.40 Å². The average molecular weight is 318 g/mol. The van der Waals surface area contributed by atoms with Gasteiger partial charge in [0.15, 0.2) is 0 Å². The van der Waals surface area contributed by atoms with Crippen molar-refractivity contribution >= 4 is 11.8 Å². The highest BCUT2D eigenvalue weighted by molar-refractivity contribution is 5.95. The molecule has 1 N–H and O–H groups in total. The van der Waals surface area contributed by atoms with Crippen LogP contribution in [0.15, 0.2) is 24.3 Å². The number of hydrogen-bond acceptors (Lipinski definition) is 2. The van der Waals surface area contributed by atoms with Crippen molar-refractivity contribution in [3.8, 4) is 11.8 Å². The predicted octanol–water partition coefficient (Wildman–Crippen LogP) is 3.29. The molecule has 0 atom stereocenters. The van der Waals surface area contributed by atoms with Gasteiger partial charge in [-0.1, -0.05) is 13.0 Å². The lowest BCUT2D eigenvalue weighted by Gasteiger charge is -2.35. The number of carbonyl (C=O) groups excluding carboxylic acids is 2. The van der Waals surface area contributed by atoms with E-state index in [0.29, 0.717) is 6.42 Å². The minimum absolute atomic E-state index is 0.165. The Labute approximate surface area is 137 Å². The first kappa shape index (κ1) is 18.7. The molecule has 0 fully saturated rings. The van der Waals surface area contributed by atoms with Gasteiger partial charge in [0.25, 0.3) is 5.91 Å². The van der Waals surface area contributed by atoms with Gasteiger partial charge in [0, 0.05) is 24.8 Å². The van der Waals surface area contributed by atoms with Crippen LogP contribution in [0.25, 0.3) is 0 Å². The zero-order chi connectivity index (χ0) is 17.5. The van der Waals surface area contributed by atoms with E-state index in [1.54, 1.807) is 0 Å². The van der Waals surface area contributed by atoms with Crippen LogP contribution in [0.2, 0.25) is 0 Å². The van der Waals surface area contributed by atoms with Crippen LogP contribution in [0.4, 0.5) is 4.39 Å². The molecule has 0 heterocycles. The van der Waals surface area contributed by atoms with Gasteiger partial charge in [-0.3, -0.25) is 15.0 Å². The van der Waals surface area contributed by atoms with Crippen LogP contribution in [0, 0.1) is 17.7 Å². The summed E-state index contributed by atoms with van der Waals surface area (Å²) in [7, 11) is 0. The fraction of sp³-hybridized carbons (Fsp3) is 0.444. The number of nitrogens with zero attached hydrogens (tertiary/aromatic N) is 1. The summed E-state index contributed by atoms with van der Waals surface area (Å²) in [5, 5.41) is 1.29. The summed E-state index contributed by atoms with van der Waals surface area (Å²) >= 11 is 0. The smallest absolute Gasteiger partial charge is 0.269 e. The van der Waals surface area contributed by atoms with E-state index < -0.39 is 17.3 Å². The first-order valence-electron chi connectivity index (χ1n) is 7.61. The molecule has 0 saturated carbocycles. The van der Waals surface area contributed by atoms with Gasteiger partial charge >= 0.3 is 0 Å². The van der Waals surface area contributed by atoms with Crippen LogP contribution < -0.4 is 5.43 Å². The summed E-state index contributed by atoms with van der Waals surface area (Å²) in [6.45, 7) is 7.38. The Morgan fingerprint density at radius 3 is 2.52 bits per heavy atom. The standard InChI is InChI=1S/C18H23FN2O2/c1-5-6-7-8-12-16(22)21(18(2,3)4)20-17(23)14-10-9-11-15(19)13-14/h9-11,13H,5,8,12H2,1-4H3,(H,20,23). The highest BCUT2D eigenvalue weighted by atomic mass is 19.1. The van der Waals surface area contributed by atoms with Gasteiger partial charge in [0.2, 0.25) is 5.91 Å². The number of hydrazine groups is 1. The van der Waals surface area contributed by atoms with Crippen molar-refractivity contribution in [2.45, 2.75) is 52.5 Å². The normalized spacial score (nSPS) is 10.5. The van der Waals surface area contributed by atoms with Crippen molar-refractivity contribution < 1.29 is 14.0 Å². The van der Waals surface area contributed by atoms with Crippen molar-refractivity contribution in [2.75, 3.05) is 0 Å². The van der Waals surface area contributed by atoms with E-state index in [0.717, 1.165) is 12.5 Å². The molecule has 0 spiro atoms. The maximum absolute atomic E-state index is 13.2. The summed E-state index contributed by atoms with van der Waals surface area (Å²) in [5.74, 6) is 4.56. The molecule has 23 heavy (non-hydrogen) atoms. The fourth-order valence-electron chi connectivity index (χ4n) is 1.89. The number of hydrogen-bond donors (Lipinski definition) is 1. The van der Waals surface area contributed by atoms with Gasteiger partial charge in [0.05, 0.1) is 5.54 Å². The Balaban J connectivity index is 2.83. The van der Waals surface area contributed by atoms with E-state index in [1.807, 2.05) is 27.7 Å². The second-order valence-corrected chi connectivity index (χ2v) is 6.06. The van der Waals surface area contributed by atoms with Crippen LogP contribution in [-0.2, 0) is 4.79 Å².